The highest BCUT2D eigenvalue weighted by molar-refractivity contribution is 7.92. The normalized spacial score (nSPS) is 14.2. The molecule has 0 saturated carbocycles. The number of hydrogen-bond donors (Lipinski definition) is 2. The number of fused-ring (bicyclic) bond motifs is 1. The van der Waals surface area contributed by atoms with Crippen molar-refractivity contribution in [3.05, 3.63) is 23.8 Å². The summed E-state index contributed by atoms with van der Waals surface area (Å²) in [6, 6.07) is 4.96. The number of rotatable bonds is 3. The molecule has 1 aromatic rings. The van der Waals surface area contributed by atoms with Crippen LogP contribution in [0.25, 0.3) is 0 Å². The van der Waals surface area contributed by atoms with Crippen LogP contribution in [0.15, 0.2) is 18.2 Å². The Morgan fingerprint density at radius 2 is 2.00 bits per heavy atom. The molecule has 1 aliphatic heterocycles. The number of amides is 2. The van der Waals surface area contributed by atoms with Crippen LogP contribution in [0.5, 0.6) is 0 Å². The molecular formula is C14H19N3O4S. The molecule has 1 heterocycles. The molecule has 8 heteroatoms. The van der Waals surface area contributed by atoms with Gasteiger partial charge in [-0.3, -0.25) is 13.9 Å². The average Bonchev–Trinajstić information content (AvgIpc) is 2.45. The Labute approximate surface area is 129 Å². The van der Waals surface area contributed by atoms with E-state index in [1.807, 2.05) is 0 Å². The first-order chi connectivity index (χ1) is 10.3. The van der Waals surface area contributed by atoms with E-state index in [4.69, 9.17) is 0 Å². The summed E-state index contributed by atoms with van der Waals surface area (Å²) >= 11 is 0. The lowest BCUT2D eigenvalue weighted by Gasteiger charge is -2.29. The predicted octanol–water partition coefficient (Wildman–Crippen LogP) is 0.473. The molecule has 2 N–H and O–H groups in total. The number of nitrogens with zero attached hydrogens (tertiary/aromatic N) is 1. The van der Waals surface area contributed by atoms with E-state index in [1.165, 1.54) is 10.6 Å². The maximum Gasteiger partial charge on any atom is 0.313 e. The minimum Gasteiger partial charge on any atom is -0.348 e. The number of carbonyl (C=O) groups is 2. The Bertz CT molecular complexity index is 700. The van der Waals surface area contributed by atoms with Crippen LogP contribution in [0.2, 0.25) is 0 Å². The molecule has 2 amide bonds. The number of nitrogens with one attached hydrogen (secondary N) is 2. The lowest BCUT2D eigenvalue weighted by atomic mass is 10.0. The molecule has 0 saturated heterocycles. The van der Waals surface area contributed by atoms with Gasteiger partial charge in [-0.2, -0.15) is 0 Å². The van der Waals surface area contributed by atoms with E-state index in [9.17, 15) is 18.0 Å². The number of anilines is 2. The first-order valence-electron chi connectivity index (χ1n) is 7.02. The third-order valence-corrected chi connectivity index (χ3v) is 4.54. The predicted molar refractivity (Wildman–Crippen MR) is 84.3 cm³/mol. The molecule has 0 bridgehead atoms. The van der Waals surface area contributed by atoms with Crippen LogP contribution in [-0.2, 0) is 26.0 Å². The van der Waals surface area contributed by atoms with E-state index >= 15 is 0 Å². The van der Waals surface area contributed by atoms with Crippen molar-refractivity contribution in [3.8, 4) is 0 Å². The van der Waals surface area contributed by atoms with Crippen LogP contribution in [-0.4, -0.2) is 39.6 Å². The van der Waals surface area contributed by atoms with Crippen LogP contribution >= 0.6 is 0 Å². The van der Waals surface area contributed by atoms with Crippen LogP contribution in [0.3, 0.4) is 0 Å². The molecule has 0 fully saturated rings. The first kappa shape index (κ1) is 16.3. The Hall–Kier alpha value is -2.09. The molecule has 0 atom stereocenters. The highest BCUT2D eigenvalue weighted by Gasteiger charge is 2.24. The van der Waals surface area contributed by atoms with Gasteiger partial charge < -0.3 is 10.6 Å². The van der Waals surface area contributed by atoms with Gasteiger partial charge >= 0.3 is 11.8 Å². The van der Waals surface area contributed by atoms with Crippen molar-refractivity contribution in [2.45, 2.75) is 19.8 Å². The fraction of sp³-hybridized carbons (Fsp3) is 0.429. The van der Waals surface area contributed by atoms with E-state index in [-0.39, 0.29) is 0 Å². The fourth-order valence-corrected chi connectivity index (χ4v) is 3.41. The summed E-state index contributed by atoms with van der Waals surface area (Å²) in [5, 5.41) is 4.93. The zero-order valence-corrected chi connectivity index (χ0v) is 13.4. The highest BCUT2D eigenvalue weighted by atomic mass is 32.2. The van der Waals surface area contributed by atoms with Gasteiger partial charge in [0.2, 0.25) is 10.0 Å². The van der Waals surface area contributed by atoms with Crippen molar-refractivity contribution in [2.75, 3.05) is 29.0 Å². The number of carbonyl (C=O) groups excluding carboxylic acids is 2. The van der Waals surface area contributed by atoms with E-state index in [2.05, 4.69) is 10.6 Å². The van der Waals surface area contributed by atoms with Gasteiger partial charge in [0.1, 0.15) is 0 Å². The Morgan fingerprint density at radius 3 is 2.64 bits per heavy atom. The molecule has 7 nitrogen and oxygen atoms in total. The van der Waals surface area contributed by atoms with Gasteiger partial charge in [0, 0.05) is 18.8 Å². The molecular weight excluding hydrogens is 306 g/mol. The molecule has 0 aliphatic carbocycles. The largest absolute Gasteiger partial charge is 0.348 e. The molecule has 0 spiro atoms. The summed E-state index contributed by atoms with van der Waals surface area (Å²) in [5.74, 6) is -1.43. The summed E-state index contributed by atoms with van der Waals surface area (Å²) < 4.78 is 24.9. The summed E-state index contributed by atoms with van der Waals surface area (Å²) in [7, 11) is -3.31. The van der Waals surface area contributed by atoms with Crippen LogP contribution in [0.4, 0.5) is 11.4 Å². The molecule has 2 rings (SSSR count). The number of hydrogen-bond acceptors (Lipinski definition) is 4. The van der Waals surface area contributed by atoms with Gasteiger partial charge in [0.05, 0.1) is 11.9 Å². The third kappa shape index (κ3) is 3.56. The van der Waals surface area contributed by atoms with Crippen molar-refractivity contribution in [1.82, 2.24) is 5.32 Å². The van der Waals surface area contributed by atoms with Gasteiger partial charge in [-0.15, -0.1) is 0 Å². The minimum atomic E-state index is -3.31. The Balaban J connectivity index is 2.22. The number of sulfonamides is 1. The Kier molecular flexibility index (Phi) is 4.70. The zero-order chi connectivity index (χ0) is 16.3. The van der Waals surface area contributed by atoms with Gasteiger partial charge in [0.25, 0.3) is 0 Å². The topological polar surface area (TPSA) is 95.6 Å². The Morgan fingerprint density at radius 1 is 1.27 bits per heavy atom. The lowest BCUT2D eigenvalue weighted by Crippen LogP contribution is -2.36. The molecule has 1 aliphatic rings. The van der Waals surface area contributed by atoms with E-state index in [0.717, 1.165) is 12.0 Å². The van der Waals surface area contributed by atoms with Crippen molar-refractivity contribution in [3.63, 3.8) is 0 Å². The van der Waals surface area contributed by atoms with Crippen molar-refractivity contribution in [1.29, 1.82) is 0 Å². The molecule has 22 heavy (non-hydrogen) atoms. The third-order valence-electron chi connectivity index (χ3n) is 3.36. The summed E-state index contributed by atoms with van der Waals surface area (Å²) in [6.07, 6.45) is 2.62. The molecule has 0 radical (unpaired) electrons. The van der Waals surface area contributed by atoms with Gasteiger partial charge in [0.15, 0.2) is 0 Å². The smallest absolute Gasteiger partial charge is 0.313 e. The second-order valence-electron chi connectivity index (χ2n) is 5.10. The summed E-state index contributed by atoms with van der Waals surface area (Å²) in [4.78, 5) is 23.1. The second kappa shape index (κ2) is 6.35. The fourth-order valence-electron chi connectivity index (χ4n) is 2.41. The molecule has 120 valence electrons. The average molecular weight is 325 g/mol. The lowest BCUT2D eigenvalue weighted by molar-refractivity contribution is -0.136. The molecule has 0 aromatic heterocycles. The van der Waals surface area contributed by atoms with Crippen LogP contribution in [0, 0.1) is 0 Å². The monoisotopic (exact) mass is 325 g/mol. The minimum absolute atomic E-state index is 0.375. The van der Waals surface area contributed by atoms with Gasteiger partial charge in [-0.1, -0.05) is 0 Å². The van der Waals surface area contributed by atoms with Crippen molar-refractivity contribution < 1.29 is 18.0 Å². The number of likely N-dealkylation sites (N-methyl/N-ethyl adjacent to an activating group) is 1. The quantitative estimate of drug-likeness (QED) is 0.790. The van der Waals surface area contributed by atoms with E-state index in [0.29, 0.717) is 30.9 Å². The van der Waals surface area contributed by atoms with Crippen molar-refractivity contribution >= 4 is 33.2 Å². The standard InChI is InChI=1S/C14H19N3O4S/c1-3-15-13(18)14(19)16-11-6-7-12-10(9-11)5-4-8-17(12)22(2,20)21/h6-7,9H,3-5,8H2,1-2H3,(H,15,18)(H,16,19). The summed E-state index contributed by atoms with van der Waals surface area (Å²) in [5.41, 5.74) is 1.94. The first-order valence-corrected chi connectivity index (χ1v) is 8.87. The van der Waals surface area contributed by atoms with E-state index in [1.54, 1.807) is 25.1 Å². The number of benzene rings is 1. The van der Waals surface area contributed by atoms with Crippen LogP contribution in [0.1, 0.15) is 18.9 Å². The molecule has 0 unspecified atom stereocenters. The van der Waals surface area contributed by atoms with Crippen molar-refractivity contribution in [2.24, 2.45) is 0 Å². The van der Waals surface area contributed by atoms with Gasteiger partial charge in [-0.05, 0) is 43.5 Å². The highest BCUT2D eigenvalue weighted by Crippen LogP contribution is 2.31. The SMILES string of the molecule is CCNC(=O)C(=O)Nc1ccc2c(c1)CCCN2S(C)(=O)=O. The summed E-state index contributed by atoms with van der Waals surface area (Å²) in [6.45, 7) is 2.56. The second-order valence-corrected chi connectivity index (χ2v) is 7.00. The molecule has 1 aromatic carbocycles. The maximum atomic E-state index is 11.8. The van der Waals surface area contributed by atoms with Gasteiger partial charge in [-0.25, -0.2) is 8.42 Å². The maximum absolute atomic E-state index is 11.8. The zero-order valence-electron chi connectivity index (χ0n) is 12.5. The number of aryl methyl sites for hydroxylation is 1. The van der Waals surface area contributed by atoms with E-state index < -0.39 is 21.8 Å². The van der Waals surface area contributed by atoms with Crippen LogP contribution < -0.4 is 14.9 Å².